The highest BCUT2D eigenvalue weighted by molar-refractivity contribution is 5.94. The Hall–Kier alpha value is -1.62. The molecule has 3 heterocycles. The summed E-state index contributed by atoms with van der Waals surface area (Å²) in [5.74, 6) is 0.596. The molecule has 0 N–H and O–H groups in total. The van der Waals surface area contributed by atoms with Crippen LogP contribution in [0.4, 0.5) is 0 Å². The van der Waals surface area contributed by atoms with E-state index in [1.54, 1.807) is 18.3 Å². The number of pyridine rings is 1. The van der Waals surface area contributed by atoms with Gasteiger partial charge in [0.15, 0.2) is 0 Å². The van der Waals surface area contributed by atoms with Gasteiger partial charge in [0.2, 0.25) is 5.88 Å². The van der Waals surface area contributed by atoms with Crippen LogP contribution in [0.25, 0.3) is 0 Å². The summed E-state index contributed by atoms with van der Waals surface area (Å²) in [6.07, 6.45) is 4.77. The molecule has 0 radical (unpaired) electrons. The Morgan fingerprint density at radius 3 is 3.14 bits per heavy atom. The zero-order valence-electron chi connectivity index (χ0n) is 13.4. The molecule has 5 nitrogen and oxygen atoms in total. The predicted octanol–water partition coefficient (Wildman–Crippen LogP) is 2.51. The van der Waals surface area contributed by atoms with Crippen LogP contribution in [0.1, 0.15) is 43.5 Å². The molecule has 1 spiro atoms. The Morgan fingerprint density at radius 2 is 2.41 bits per heavy atom. The highest BCUT2D eigenvalue weighted by atomic mass is 16.5. The van der Waals surface area contributed by atoms with Gasteiger partial charge in [0.1, 0.15) is 0 Å². The molecule has 120 valence electrons. The van der Waals surface area contributed by atoms with Gasteiger partial charge in [-0.3, -0.25) is 4.79 Å². The molecule has 0 saturated carbocycles. The SMILES string of the molecule is CCC(C)Oc1cc(C(=O)N2CCC3(CCOC3)C2)ccn1. The highest BCUT2D eigenvalue weighted by Gasteiger charge is 2.42. The molecule has 2 saturated heterocycles. The second kappa shape index (κ2) is 6.24. The van der Waals surface area contributed by atoms with E-state index in [1.165, 1.54) is 0 Å². The Kier molecular flexibility index (Phi) is 4.34. The topological polar surface area (TPSA) is 51.7 Å². The smallest absolute Gasteiger partial charge is 0.254 e. The maximum atomic E-state index is 12.7. The van der Waals surface area contributed by atoms with Crippen LogP contribution in [0.2, 0.25) is 0 Å². The lowest BCUT2D eigenvalue weighted by Gasteiger charge is -2.22. The number of amides is 1. The van der Waals surface area contributed by atoms with Crippen LogP contribution in [-0.2, 0) is 4.74 Å². The molecule has 2 aliphatic heterocycles. The first-order valence-corrected chi connectivity index (χ1v) is 8.12. The van der Waals surface area contributed by atoms with Crippen molar-refractivity contribution in [3.63, 3.8) is 0 Å². The highest BCUT2D eigenvalue weighted by Crippen LogP contribution is 2.38. The van der Waals surface area contributed by atoms with Crippen molar-refractivity contribution in [1.82, 2.24) is 9.88 Å². The summed E-state index contributed by atoms with van der Waals surface area (Å²) in [4.78, 5) is 18.8. The van der Waals surface area contributed by atoms with Gasteiger partial charge in [-0.05, 0) is 32.3 Å². The largest absolute Gasteiger partial charge is 0.475 e. The standard InChI is InChI=1S/C17H24N2O3/c1-3-13(2)22-15-10-14(4-7-18-15)16(20)19-8-5-17(11-19)6-9-21-12-17/h4,7,10,13H,3,5-6,8-9,11-12H2,1-2H3. The van der Waals surface area contributed by atoms with Gasteiger partial charge in [-0.1, -0.05) is 6.92 Å². The summed E-state index contributed by atoms with van der Waals surface area (Å²) in [7, 11) is 0. The number of carbonyl (C=O) groups excluding carboxylic acids is 1. The van der Waals surface area contributed by atoms with Gasteiger partial charge < -0.3 is 14.4 Å². The summed E-state index contributed by atoms with van der Waals surface area (Å²) in [6, 6.07) is 3.52. The first-order valence-electron chi connectivity index (χ1n) is 8.12. The average molecular weight is 304 g/mol. The number of likely N-dealkylation sites (tertiary alicyclic amines) is 1. The average Bonchev–Trinajstić information content (AvgIpc) is 3.17. The van der Waals surface area contributed by atoms with Crippen molar-refractivity contribution in [1.29, 1.82) is 0 Å². The van der Waals surface area contributed by atoms with E-state index in [4.69, 9.17) is 9.47 Å². The van der Waals surface area contributed by atoms with E-state index in [2.05, 4.69) is 11.9 Å². The Morgan fingerprint density at radius 1 is 1.55 bits per heavy atom. The fourth-order valence-electron chi connectivity index (χ4n) is 3.16. The lowest BCUT2D eigenvalue weighted by molar-refractivity contribution is 0.0764. The predicted molar refractivity (Wildman–Crippen MR) is 83.0 cm³/mol. The molecule has 2 aliphatic rings. The van der Waals surface area contributed by atoms with Crippen LogP contribution in [0, 0.1) is 5.41 Å². The Balaban J connectivity index is 1.68. The second-order valence-corrected chi connectivity index (χ2v) is 6.50. The summed E-state index contributed by atoms with van der Waals surface area (Å²) < 4.78 is 11.2. The summed E-state index contributed by atoms with van der Waals surface area (Å²) in [5, 5.41) is 0. The van der Waals surface area contributed by atoms with E-state index in [0.29, 0.717) is 11.4 Å². The van der Waals surface area contributed by atoms with Crippen molar-refractivity contribution in [2.24, 2.45) is 5.41 Å². The molecule has 1 aromatic rings. The van der Waals surface area contributed by atoms with E-state index in [9.17, 15) is 4.79 Å². The van der Waals surface area contributed by atoms with E-state index in [1.807, 2.05) is 11.8 Å². The van der Waals surface area contributed by atoms with Crippen molar-refractivity contribution in [3.05, 3.63) is 23.9 Å². The number of nitrogens with zero attached hydrogens (tertiary/aromatic N) is 2. The Bertz CT molecular complexity index is 540. The minimum atomic E-state index is 0.0696. The van der Waals surface area contributed by atoms with Gasteiger partial charge in [-0.15, -0.1) is 0 Å². The minimum Gasteiger partial charge on any atom is -0.475 e. The van der Waals surface area contributed by atoms with Gasteiger partial charge in [-0.25, -0.2) is 4.98 Å². The molecular weight excluding hydrogens is 280 g/mol. The number of aromatic nitrogens is 1. The summed E-state index contributed by atoms with van der Waals surface area (Å²) in [5.41, 5.74) is 0.850. The van der Waals surface area contributed by atoms with E-state index in [0.717, 1.165) is 45.6 Å². The number of ether oxygens (including phenoxy) is 2. The molecule has 2 atom stereocenters. The zero-order valence-corrected chi connectivity index (χ0v) is 13.4. The molecular formula is C17H24N2O3. The molecule has 2 fully saturated rings. The lowest BCUT2D eigenvalue weighted by Crippen LogP contribution is -2.32. The van der Waals surface area contributed by atoms with E-state index >= 15 is 0 Å². The van der Waals surface area contributed by atoms with Crippen LogP contribution >= 0.6 is 0 Å². The summed E-state index contributed by atoms with van der Waals surface area (Å²) >= 11 is 0. The third-order valence-corrected chi connectivity index (χ3v) is 4.79. The normalized spacial score (nSPS) is 25.6. The molecule has 3 rings (SSSR count). The van der Waals surface area contributed by atoms with Crippen LogP contribution in [-0.4, -0.2) is 48.2 Å². The number of carbonyl (C=O) groups is 1. The fourth-order valence-corrected chi connectivity index (χ4v) is 3.16. The minimum absolute atomic E-state index is 0.0696. The fraction of sp³-hybridized carbons (Fsp3) is 0.647. The van der Waals surface area contributed by atoms with E-state index in [-0.39, 0.29) is 17.4 Å². The summed E-state index contributed by atoms with van der Waals surface area (Å²) in [6.45, 7) is 7.29. The van der Waals surface area contributed by atoms with Gasteiger partial charge >= 0.3 is 0 Å². The first kappa shape index (κ1) is 15.3. The monoisotopic (exact) mass is 304 g/mol. The van der Waals surface area contributed by atoms with Gasteiger partial charge in [-0.2, -0.15) is 0 Å². The first-order chi connectivity index (χ1) is 10.6. The molecule has 0 aliphatic carbocycles. The zero-order chi connectivity index (χ0) is 15.6. The van der Waals surface area contributed by atoms with Gasteiger partial charge in [0.05, 0.1) is 12.7 Å². The van der Waals surface area contributed by atoms with Crippen LogP contribution in [0.15, 0.2) is 18.3 Å². The molecule has 0 bridgehead atoms. The molecule has 1 amide bonds. The van der Waals surface area contributed by atoms with Crippen molar-refractivity contribution in [3.8, 4) is 5.88 Å². The van der Waals surface area contributed by atoms with Crippen LogP contribution in [0.5, 0.6) is 5.88 Å². The number of rotatable bonds is 4. The molecule has 0 aromatic carbocycles. The maximum Gasteiger partial charge on any atom is 0.254 e. The van der Waals surface area contributed by atoms with Crippen molar-refractivity contribution in [2.45, 2.75) is 39.2 Å². The quantitative estimate of drug-likeness (QED) is 0.857. The Labute approximate surface area is 131 Å². The lowest BCUT2D eigenvalue weighted by atomic mass is 9.87. The van der Waals surface area contributed by atoms with Crippen LogP contribution in [0.3, 0.4) is 0 Å². The van der Waals surface area contributed by atoms with Crippen molar-refractivity contribution in [2.75, 3.05) is 26.3 Å². The molecule has 22 heavy (non-hydrogen) atoms. The van der Waals surface area contributed by atoms with Crippen molar-refractivity contribution < 1.29 is 14.3 Å². The number of hydrogen-bond donors (Lipinski definition) is 0. The maximum absolute atomic E-state index is 12.7. The van der Waals surface area contributed by atoms with Gasteiger partial charge in [0.25, 0.3) is 5.91 Å². The number of hydrogen-bond acceptors (Lipinski definition) is 4. The van der Waals surface area contributed by atoms with Crippen molar-refractivity contribution >= 4 is 5.91 Å². The third kappa shape index (κ3) is 3.09. The van der Waals surface area contributed by atoms with Gasteiger partial charge in [0, 0.05) is 42.9 Å². The molecule has 5 heteroatoms. The second-order valence-electron chi connectivity index (χ2n) is 6.50. The third-order valence-electron chi connectivity index (χ3n) is 4.79. The molecule has 1 aromatic heterocycles. The van der Waals surface area contributed by atoms with Crippen LogP contribution < -0.4 is 4.74 Å². The van der Waals surface area contributed by atoms with E-state index < -0.39 is 0 Å². The molecule has 2 unspecified atom stereocenters.